The molecule has 2 aromatic rings. The van der Waals surface area contributed by atoms with Crippen LogP contribution in [0.1, 0.15) is 0 Å². The minimum absolute atomic E-state index is 0.529. The monoisotopic (exact) mass is 192 g/mol. The Labute approximate surface area is 81.8 Å². The van der Waals surface area contributed by atoms with E-state index in [0.717, 1.165) is 11.3 Å². The molecule has 0 bridgehead atoms. The summed E-state index contributed by atoms with van der Waals surface area (Å²) in [5, 5.41) is 4.60. The summed E-state index contributed by atoms with van der Waals surface area (Å²) in [4.78, 5) is 0. The lowest BCUT2D eigenvalue weighted by molar-refractivity contribution is 0.776. The average Bonchev–Trinajstić information content (AvgIpc) is 2.47. The molecule has 0 atom stereocenters. The Bertz CT molecular complexity index is 406. The maximum absolute atomic E-state index is 5.78. The summed E-state index contributed by atoms with van der Waals surface area (Å²) in [5.41, 5.74) is 2.16. The predicted octanol–water partition coefficient (Wildman–Crippen LogP) is 2.74. The quantitative estimate of drug-likeness (QED) is 0.680. The van der Waals surface area contributed by atoms with Gasteiger partial charge in [-0.05, 0) is 5.56 Å². The van der Waals surface area contributed by atoms with Crippen LogP contribution in [0.3, 0.4) is 0 Å². The van der Waals surface area contributed by atoms with Crippen LogP contribution < -0.4 is 0 Å². The van der Waals surface area contributed by atoms with Gasteiger partial charge in [-0.2, -0.15) is 5.10 Å². The molecule has 0 fully saturated rings. The maximum atomic E-state index is 5.78. The van der Waals surface area contributed by atoms with Crippen LogP contribution in [0, 0.1) is 0 Å². The lowest BCUT2D eigenvalue weighted by atomic mass is 10.1. The van der Waals surface area contributed by atoms with Crippen molar-refractivity contribution in [3.63, 3.8) is 0 Å². The minimum atomic E-state index is 0.529. The molecule has 0 radical (unpaired) electrons. The van der Waals surface area contributed by atoms with Crippen LogP contribution in [0.4, 0.5) is 0 Å². The van der Waals surface area contributed by atoms with Gasteiger partial charge in [0.05, 0.1) is 5.69 Å². The number of rotatable bonds is 1. The minimum Gasteiger partial charge on any atom is -0.266 e. The smallest absolute Gasteiger partial charge is 0.151 e. The van der Waals surface area contributed by atoms with Gasteiger partial charge in [-0.25, -0.2) is 0 Å². The highest BCUT2D eigenvalue weighted by atomic mass is 35.5. The van der Waals surface area contributed by atoms with Gasteiger partial charge in [0, 0.05) is 13.1 Å². The Morgan fingerprint density at radius 1 is 1.23 bits per heavy atom. The molecule has 2 rings (SSSR count). The van der Waals surface area contributed by atoms with Crippen LogP contribution in [0.5, 0.6) is 0 Å². The maximum Gasteiger partial charge on any atom is 0.151 e. The molecule has 0 aliphatic heterocycles. The Kier molecular flexibility index (Phi) is 2.07. The van der Waals surface area contributed by atoms with Crippen molar-refractivity contribution < 1.29 is 0 Å². The molecule has 13 heavy (non-hydrogen) atoms. The van der Waals surface area contributed by atoms with Gasteiger partial charge in [-0.1, -0.05) is 41.9 Å². The second-order valence-electron chi connectivity index (χ2n) is 2.84. The van der Waals surface area contributed by atoms with E-state index in [4.69, 9.17) is 11.6 Å². The molecule has 1 heterocycles. The van der Waals surface area contributed by atoms with E-state index in [1.165, 1.54) is 0 Å². The van der Waals surface area contributed by atoms with E-state index < -0.39 is 0 Å². The molecule has 0 aliphatic carbocycles. The summed E-state index contributed by atoms with van der Waals surface area (Å²) >= 11 is 5.78. The fraction of sp³-hybridized carbons (Fsp3) is 0.100. The van der Waals surface area contributed by atoms with Crippen molar-refractivity contribution in [3.05, 3.63) is 41.6 Å². The van der Waals surface area contributed by atoms with E-state index in [0.29, 0.717) is 5.15 Å². The third-order valence-corrected chi connectivity index (χ3v) is 2.10. The molecule has 0 amide bonds. The Balaban J connectivity index is 2.53. The highest BCUT2D eigenvalue weighted by Crippen LogP contribution is 2.20. The van der Waals surface area contributed by atoms with Crippen molar-refractivity contribution in [1.82, 2.24) is 9.78 Å². The lowest BCUT2D eigenvalue weighted by Crippen LogP contribution is -1.92. The molecule has 1 aromatic heterocycles. The number of aromatic nitrogens is 2. The van der Waals surface area contributed by atoms with E-state index >= 15 is 0 Å². The number of aryl methyl sites for hydroxylation is 1. The Hall–Kier alpha value is -1.28. The Morgan fingerprint density at radius 3 is 2.46 bits per heavy atom. The topological polar surface area (TPSA) is 17.8 Å². The molecule has 0 N–H and O–H groups in total. The van der Waals surface area contributed by atoms with E-state index in [1.54, 1.807) is 4.68 Å². The molecule has 0 saturated carbocycles. The van der Waals surface area contributed by atoms with Gasteiger partial charge in [0.25, 0.3) is 0 Å². The van der Waals surface area contributed by atoms with Gasteiger partial charge in [0.1, 0.15) is 0 Å². The molecule has 3 heteroatoms. The second kappa shape index (κ2) is 3.23. The van der Waals surface area contributed by atoms with Gasteiger partial charge in [-0.3, -0.25) is 4.68 Å². The van der Waals surface area contributed by atoms with Gasteiger partial charge < -0.3 is 0 Å². The van der Waals surface area contributed by atoms with Crippen molar-refractivity contribution in [2.75, 3.05) is 0 Å². The molecule has 0 aliphatic rings. The van der Waals surface area contributed by atoms with E-state index in [1.807, 2.05) is 43.4 Å². The van der Waals surface area contributed by atoms with Crippen LogP contribution in [0.15, 0.2) is 36.4 Å². The molecule has 0 spiro atoms. The van der Waals surface area contributed by atoms with E-state index in [9.17, 15) is 0 Å². The van der Waals surface area contributed by atoms with Crippen LogP contribution in [0.25, 0.3) is 11.3 Å². The van der Waals surface area contributed by atoms with Gasteiger partial charge >= 0.3 is 0 Å². The summed E-state index contributed by atoms with van der Waals surface area (Å²) in [6.45, 7) is 0. The highest BCUT2D eigenvalue weighted by molar-refractivity contribution is 6.29. The highest BCUT2D eigenvalue weighted by Gasteiger charge is 2.03. The molecule has 1 aromatic carbocycles. The molecular formula is C10H9ClN2. The normalized spacial score (nSPS) is 10.3. The largest absolute Gasteiger partial charge is 0.266 e. The number of nitrogens with zero attached hydrogens (tertiary/aromatic N) is 2. The lowest BCUT2D eigenvalue weighted by Gasteiger charge is -1.99. The zero-order valence-corrected chi connectivity index (χ0v) is 7.99. The number of halogens is 1. The zero-order valence-electron chi connectivity index (χ0n) is 7.24. The summed E-state index contributed by atoms with van der Waals surface area (Å²) in [7, 11) is 1.88. The summed E-state index contributed by atoms with van der Waals surface area (Å²) in [5.74, 6) is 0. The van der Waals surface area contributed by atoms with Crippen LogP contribution in [-0.2, 0) is 7.05 Å². The first kappa shape index (κ1) is 8.32. The van der Waals surface area contributed by atoms with Crippen molar-refractivity contribution >= 4 is 11.6 Å². The third kappa shape index (κ3) is 1.58. The van der Waals surface area contributed by atoms with Gasteiger partial charge in [0.15, 0.2) is 5.15 Å². The Morgan fingerprint density at radius 2 is 1.92 bits per heavy atom. The first-order valence-corrected chi connectivity index (χ1v) is 4.40. The number of benzene rings is 1. The standard InChI is InChI=1S/C10H9ClN2/c1-13-9(7-10(11)12-13)8-5-3-2-4-6-8/h2-7H,1H3. The molecule has 0 unspecified atom stereocenters. The fourth-order valence-electron chi connectivity index (χ4n) is 1.31. The average molecular weight is 193 g/mol. The summed E-state index contributed by atoms with van der Waals surface area (Å²) in [6.07, 6.45) is 0. The second-order valence-corrected chi connectivity index (χ2v) is 3.23. The molecule has 0 saturated heterocycles. The predicted molar refractivity (Wildman–Crippen MR) is 53.7 cm³/mol. The van der Waals surface area contributed by atoms with Crippen molar-refractivity contribution in [2.45, 2.75) is 0 Å². The van der Waals surface area contributed by atoms with Crippen molar-refractivity contribution in [2.24, 2.45) is 7.05 Å². The number of hydrogen-bond acceptors (Lipinski definition) is 1. The van der Waals surface area contributed by atoms with E-state index in [2.05, 4.69) is 5.10 Å². The van der Waals surface area contributed by atoms with Crippen molar-refractivity contribution in [3.8, 4) is 11.3 Å². The first-order valence-electron chi connectivity index (χ1n) is 4.02. The zero-order chi connectivity index (χ0) is 9.26. The third-order valence-electron chi connectivity index (χ3n) is 1.92. The fourth-order valence-corrected chi connectivity index (χ4v) is 1.53. The van der Waals surface area contributed by atoms with Gasteiger partial charge in [-0.15, -0.1) is 0 Å². The molecule has 2 nitrogen and oxygen atoms in total. The summed E-state index contributed by atoms with van der Waals surface area (Å²) in [6, 6.07) is 11.9. The SMILES string of the molecule is Cn1nc(Cl)cc1-c1ccccc1. The number of hydrogen-bond donors (Lipinski definition) is 0. The van der Waals surface area contributed by atoms with Crippen molar-refractivity contribution in [1.29, 1.82) is 0 Å². The van der Waals surface area contributed by atoms with Crippen LogP contribution >= 0.6 is 11.6 Å². The van der Waals surface area contributed by atoms with Gasteiger partial charge in [0.2, 0.25) is 0 Å². The van der Waals surface area contributed by atoms with Crippen LogP contribution in [-0.4, -0.2) is 9.78 Å². The molecular weight excluding hydrogens is 184 g/mol. The molecule has 66 valence electrons. The first-order chi connectivity index (χ1) is 6.27. The van der Waals surface area contributed by atoms with Crippen LogP contribution in [0.2, 0.25) is 5.15 Å². The summed E-state index contributed by atoms with van der Waals surface area (Å²) < 4.78 is 1.78. The van der Waals surface area contributed by atoms with E-state index in [-0.39, 0.29) is 0 Å².